The largest absolute Gasteiger partial charge is 0.356 e. The maximum absolute atomic E-state index is 4.52. The molecule has 2 aliphatic heterocycles. The molecule has 162 valence electrons. The number of benzene rings is 1. The molecule has 0 spiro atoms. The molecule has 1 aromatic rings. The number of likely N-dealkylation sites (tertiary alicyclic amines) is 1. The van der Waals surface area contributed by atoms with Crippen LogP contribution in [0, 0.1) is 5.92 Å². The van der Waals surface area contributed by atoms with Crippen molar-refractivity contribution in [1.82, 2.24) is 20.0 Å². The second-order valence-electron chi connectivity index (χ2n) is 8.11. The summed E-state index contributed by atoms with van der Waals surface area (Å²) in [5.41, 5.74) is 1.27. The normalized spacial score (nSPS) is 20.1. The zero-order chi connectivity index (χ0) is 19.6. The molecule has 0 aromatic heterocycles. The molecule has 0 aliphatic carbocycles. The van der Waals surface area contributed by atoms with Crippen molar-refractivity contribution >= 4 is 36.0 Å². The van der Waals surface area contributed by atoms with E-state index in [-0.39, 0.29) is 24.0 Å². The van der Waals surface area contributed by atoms with Gasteiger partial charge in [-0.05, 0) is 50.9 Å². The fraction of sp³-hybridized carbons (Fsp3) is 0.609. The lowest BCUT2D eigenvalue weighted by molar-refractivity contribution is 0.193. The van der Waals surface area contributed by atoms with Gasteiger partial charge in [-0.1, -0.05) is 42.5 Å². The predicted octanol–water partition coefficient (Wildman–Crippen LogP) is 3.24. The Morgan fingerprint density at radius 1 is 1.07 bits per heavy atom. The number of hydrogen-bond acceptors (Lipinski definition) is 3. The van der Waals surface area contributed by atoms with Gasteiger partial charge in [-0.2, -0.15) is 0 Å². The van der Waals surface area contributed by atoms with E-state index in [9.17, 15) is 0 Å². The van der Waals surface area contributed by atoms with E-state index in [2.05, 4.69) is 74.5 Å². The fourth-order valence-corrected chi connectivity index (χ4v) is 4.12. The summed E-state index contributed by atoms with van der Waals surface area (Å²) in [7, 11) is 4.14. The summed E-state index contributed by atoms with van der Waals surface area (Å²) in [6.07, 6.45) is 8.44. The number of piperazine rings is 1. The lowest BCUT2D eigenvalue weighted by Gasteiger charge is -2.36. The van der Waals surface area contributed by atoms with E-state index in [0.717, 1.165) is 51.1 Å². The Balaban J connectivity index is 0.00000300. The summed E-state index contributed by atoms with van der Waals surface area (Å²) in [5.74, 6) is 1.95. The molecule has 3 rings (SSSR count). The van der Waals surface area contributed by atoms with E-state index in [0.29, 0.717) is 0 Å². The lowest BCUT2D eigenvalue weighted by atomic mass is 9.94. The van der Waals surface area contributed by atoms with Crippen molar-refractivity contribution in [2.24, 2.45) is 10.9 Å². The van der Waals surface area contributed by atoms with Crippen LogP contribution in [0.5, 0.6) is 0 Å². The summed E-state index contributed by atoms with van der Waals surface area (Å²) in [4.78, 5) is 11.9. The third-order valence-electron chi connectivity index (χ3n) is 6.03. The summed E-state index contributed by atoms with van der Waals surface area (Å²) in [6.45, 7) is 8.84. The second kappa shape index (κ2) is 13.2. The Morgan fingerprint density at radius 3 is 2.41 bits per heavy atom. The van der Waals surface area contributed by atoms with Gasteiger partial charge in [0.2, 0.25) is 0 Å². The minimum absolute atomic E-state index is 0. The molecule has 0 atom stereocenters. The number of nitrogens with zero attached hydrogens (tertiary/aromatic N) is 4. The predicted molar refractivity (Wildman–Crippen MR) is 135 cm³/mol. The van der Waals surface area contributed by atoms with Gasteiger partial charge >= 0.3 is 0 Å². The molecule has 6 heteroatoms. The maximum Gasteiger partial charge on any atom is 0.193 e. The number of rotatable bonds is 6. The van der Waals surface area contributed by atoms with Gasteiger partial charge in [0.1, 0.15) is 0 Å². The van der Waals surface area contributed by atoms with Gasteiger partial charge in [-0.3, -0.25) is 9.89 Å². The van der Waals surface area contributed by atoms with Crippen LogP contribution >= 0.6 is 24.0 Å². The highest BCUT2D eigenvalue weighted by atomic mass is 127. The number of hydrogen-bond donors (Lipinski definition) is 1. The van der Waals surface area contributed by atoms with Gasteiger partial charge in [0.25, 0.3) is 0 Å². The van der Waals surface area contributed by atoms with Crippen LogP contribution in [0.3, 0.4) is 0 Å². The number of nitrogens with one attached hydrogen (secondary N) is 1. The minimum Gasteiger partial charge on any atom is -0.356 e. The standard InChI is InChI=1S/C23H37N5.HI/c1-24-23(25-13-10-22-11-15-26(2)16-12-22)28-19-17-27(18-20-28)14-6-9-21-7-4-3-5-8-21;/h3-9,22H,10-20H2,1-2H3,(H,24,25);1H. The Hall–Kier alpha value is -1.12. The number of aliphatic imine (C=N–C) groups is 1. The number of guanidine groups is 1. The van der Waals surface area contributed by atoms with Crippen LogP contribution in [-0.4, -0.2) is 87.1 Å². The van der Waals surface area contributed by atoms with Crippen molar-refractivity contribution in [3.63, 3.8) is 0 Å². The molecule has 1 N–H and O–H groups in total. The second-order valence-corrected chi connectivity index (χ2v) is 8.11. The lowest BCUT2D eigenvalue weighted by Crippen LogP contribution is -2.52. The Morgan fingerprint density at radius 2 is 1.76 bits per heavy atom. The first-order valence-electron chi connectivity index (χ1n) is 10.8. The van der Waals surface area contributed by atoms with Gasteiger partial charge in [0.15, 0.2) is 5.96 Å². The Kier molecular flexibility index (Phi) is 11.0. The zero-order valence-electron chi connectivity index (χ0n) is 18.1. The van der Waals surface area contributed by atoms with E-state index in [1.54, 1.807) is 0 Å². The minimum atomic E-state index is 0. The van der Waals surface area contributed by atoms with Gasteiger partial charge < -0.3 is 15.1 Å². The van der Waals surface area contributed by atoms with Crippen molar-refractivity contribution < 1.29 is 0 Å². The highest BCUT2D eigenvalue weighted by molar-refractivity contribution is 14.0. The van der Waals surface area contributed by atoms with Gasteiger partial charge in [-0.25, -0.2) is 0 Å². The van der Waals surface area contributed by atoms with Crippen molar-refractivity contribution in [2.45, 2.75) is 19.3 Å². The topological polar surface area (TPSA) is 34.1 Å². The average Bonchev–Trinajstić information content (AvgIpc) is 2.74. The van der Waals surface area contributed by atoms with Crippen LogP contribution in [0.25, 0.3) is 6.08 Å². The molecular formula is C23H38IN5. The molecule has 0 radical (unpaired) electrons. The van der Waals surface area contributed by atoms with E-state index in [4.69, 9.17) is 0 Å². The number of halogens is 1. The number of piperidine rings is 1. The summed E-state index contributed by atoms with van der Waals surface area (Å²) in [6, 6.07) is 10.5. The van der Waals surface area contributed by atoms with Crippen LogP contribution in [0.1, 0.15) is 24.8 Å². The molecule has 0 bridgehead atoms. The van der Waals surface area contributed by atoms with Crippen LogP contribution in [0.15, 0.2) is 41.4 Å². The highest BCUT2D eigenvalue weighted by Gasteiger charge is 2.20. The van der Waals surface area contributed by atoms with E-state index < -0.39 is 0 Å². The maximum atomic E-state index is 4.52. The van der Waals surface area contributed by atoms with Crippen molar-refractivity contribution in [3.05, 3.63) is 42.0 Å². The fourth-order valence-electron chi connectivity index (χ4n) is 4.12. The van der Waals surface area contributed by atoms with Crippen molar-refractivity contribution in [2.75, 3.05) is 66.5 Å². The van der Waals surface area contributed by atoms with E-state index >= 15 is 0 Å². The SMILES string of the molecule is CN=C(NCCC1CCN(C)CC1)N1CCN(CC=Cc2ccccc2)CC1.I. The molecule has 1 aromatic carbocycles. The van der Waals surface area contributed by atoms with Crippen molar-refractivity contribution in [1.29, 1.82) is 0 Å². The van der Waals surface area contributed by atoms with E-state index in [1.165, 1.54) is 37.9 Å². The van der Waals surface area contributed by atoms with Crippen LogP contribution in [0.2, 0.25) is 0 Å². The summed E-state index contributed by atoms with van der Waals surface area (Å²) >= 11 is 0. The molecule has 0 amide bonds. The van der Waals surface area contributed by atoms with Gasteiger partial charge in [-0.15, -0.1) is 24.0 Å². The Bertz CT molecular complexity index is 617. The van der Waals surface area contributed by atoms with Crippen LogP contribution < -0.4 is 5.32 Å². The molecule has 2 aliphatic rings. The summed E-state index contributed by atoms with van der Waals surface area (Å²) < 4.78 is 0. The molecule has 0 unspecified atom stereocenters. The quantitative estimate of drug-likeness (QED) is 0.362. The first kappa shape index (κ1) is 24.2. The van der Waals surface area contributed by atoms with E-state index in [1.807, 2.05) is 7.05 Å². The molecule has 2 heterocycles. The van der Waals surface area contributed by atoms with Crippen LogP contribution in [0.4, 0.5) is 0 Å². The van der Waals surface area contributed by atoms with Crippen LogP contribution in [-0.2, 0) is 0 Å². The molecule has 2 fully saturated rings. The molecular weight excluding hydrogens is 473 g/mol. The van der Waals surface area contributed by atoms with Gasteiger partial charge in [0.05, 0.1) is 0 Å². The first-order valence-corrected chi connectivity index (χ1v) is 10.8. The van der Waals surface area contributed by atoms with Gasteiger partial charge in [0, 0.05) is 46.3 Å². The van der Waals surface area contributed by atoms with Crippen molar-refractivity contribution in [3.8, 4) is 0 Å². The molecule has 0 saturated carbocycles. The third kappa shape index (κ3) is 8.26. The average molecular weight is 511 g/mol. The first-order chi connectivity index (χ1) is 13.7. The monoisotopic (exact) mass is 511 g/mol. The molecule has 29 heavy (non-hydrogen) atoms. The Labute approximate surface area is 194 Å². The smallest absolute Gasteiger partial charge is 0.193 e. The third-order valence-corrected chi connectivity index (χ3v) is 6.03. The summed E-state index contributed by atoms with van der Waals surface area (Å²) in [5, 5.41) is 3.61. The zero-order valence-corrected chi connectivity index (χ0v) is 20.4. The molecule has 5 nitrogen and oxygen atoms in total. The highest BCUT2D eigenvalue weighted by Crippen LogP contribution is 2.18. The molecule has 2 saturated heterocycles.